The van der Waals surface area contributed by atoms with Gasteiger partial charge in [0.05, 0.1) is 0 Å². The molecule has 0 amide bonds. The molecule has 0 aromatic carbocycles. The van der Waals surface area contributed by atoms with Crippen LogP contribution in [-0.2, 0) is 0 Å². The Labute approximate surface area is 157 Å². The number of aliphatic imine (C=N–C) groups is 1. The molecule has 1 aliphatic rings. The van der Waals surface area contributed by atoms with Gasteiger partial charge in [-0.05, 0) is 36.8 Å². The van der Waals surface area contributed by atoms with E-state index in [0.717, 1.165) is 50.8 Å². The Morgan fingerprint density at radius 1 is 1.30 bits per heavy atom. The molecule has 0 bridgehead atoms. The molecule has 0 saturated carbocycles. The summed E-state index contributed by atoms with van der Waals surface area (Å²) in [5, 5.41) is 6.81. The van der Waals surface area contributed by atoms with Crippen LogP contribution in [0.1, 0.15) is 33.1 Å². The fourth-order valence-electron chi connectivity index (χ4n) is 2.76. The molecule has 1 aliphatic heterocycles. The highest BCUT2D eigenvalue weighted by Crippen LogP contribution is 2.28. The Morgan fingerprint density at radius 2 is 2.09 bits per heavy atom. The molecular weight excluding hydrogens is 401 g/mol. The molecule has 0 radical (unpaired) electrons. The molecule has 0 atom stereocenters. The summed E-state index contributed by atoms with van der Waals surface area (Å²) in [5.74, 6) is 1.99. The molecule has 130 valence electrons. The number of pyridine rings is 1. The number of nitrogens with zero attached hydrogens (tertiary/aromatic N) is 3. The van der Waals surface area contributed by atoms with E-state index in [0.29, 0.717) is 5.41 Å². The highest BCUT2D eigenvalue weighted by atomic mass is 127. The summed E-state index contributed by atoms with van der Waals surface area (Å²) in [6.07, 6.45) is 5.29. The van der Waals surface area contributed by atoms with E-state index in [2.05, 4.69) is 39.4 Å². The van der Waals surface area contributed by atoms with Gasteiger partial charge in [0.25, 0.3) is 0 Å². The maximum atomic E-state index is 4.41. The molecule has 0 spiro atoms. The minimum Gasteiger partial charge on any atom is -0.370 e. The quantitative estimate of drug-likeness (QED) is 0.315. The van der Waals surface area contributed by atoms with Crippen LogP contribution in [-0.4, -0.2) is 49.1 Å². The monoisotopic (exact) mass is 431 g/mol. The lowest BCUT2D eigenvalue weighted by molar-refractivity contribution is 0.370. The molecular formula is C17H30IN5. The van der Waals surface area contributed by atoms with Crippen LogP contribution >= 0.6 is 24.0 Å². The van der Waals surface area contributed by atoms with Gasteiger partial charge in [0.2, 0.25) is 0 Å². The summed E-state index contributed by atoms with van der Waals surface area (Å²) in [4.78, 5) is 11.0. The van der Waals surface area contributed by atoms with E-state index in [4.69, 9.17) is 0 Å². The topological polar surface area (TPSA) is 52.6 Å². The first-order valence-corrected chi connectivity index (χ1v) is 8.21. The average Bonchev–Trinajstić information content (AvgIpc) is 2.87. The lowest BCUT2D eigenvalue weighted by Crippen LogP contribution is -2.41. The van der Waals surface area contributed by atoms with E-state index in [1.165, 1.54) is 6.42 Å². The number of nitrogens with one attached hydrogen (secondary N) is 2. The first-order chi connectivity index (χ1) is 10.6. The average molecular weight is 431 g/mol. The second-order valence-corrected chi connectivity index (χ2v) is 6.66. The largest absolute Gasteiger partial charge is 0.370 e. The predicted octanol–water partition coefficient (Wildman–Crippen LogP) is 3.20. The van der Waals surface area contributed by atoms with E-state index in [9.17, 15) is 0 Å². The molecule has 5 nitrogen and oxygen atoms in total. The van der Waals surface area contributed by atoms with Crippen LogP contribution in [0.2, 0.25) is 0 Å². The van der Waals surface area contributed by atoms with Crippen molar-refractivity contribution < 1.29 is 0 Å². The summed E-state index contributed by atoms with van der Waals surface area (Å²) in [6.45, 7) is 8.76. The number of hydrogen-bond acceptors (Lipinski definition) is 3. The van der Waals surface area contributed by atoms with Gasteiger partial charge >= 0.3 is 0 Å². The van der Waals surface area contributed by atoms with Crippen LogP contribution in [0.15, 0.2) is 29.4 Å². The third-order valence-corrected chi connectivity index (χ3v) is 4.05. The zero-order valence-electron chi connectivity index (χ0n) is 14.5. The zero-order valence-corrected chi connectivity index (χ0v) is 16.8. The zero-order chi connectivity index (χ0) is 15.8. The van der Waals surface area contributed by atoms with Crippen LogP contribution in [0.25, 0.3) is 0 Å². The van der Waals surface area contributed by atoms with Gasteiger partial charge in [-0.3, -0.25) is 4.99 Å². The fourth-order valence-corrected chi connectivity index (χ4v) is 2.76. The molecule has 6 heteroatoms. The van der Waals surface area contributed by atoms with Crippen LogP contribution in [0.4, 0.5) is 5.82 Å². The van der Waals surface area contributed by atoms with Crippen molar-refractivity contribution in [1.29, 1.82) is 0 Å². The maximum absolute atomic E-state index is 4.41. The fraction of sp³-hybridized carbons (Fsp3) is 0.647. The van der Waals surface area contributed by atoms with Crippen LogP contribution in [0, 0.1) is 5.41 Å². The number of rotatable bonds is 6. The van der Waals surface area contributed by atoms with Gasteiger partial charge in [0, 0.05) is 39.4 Å². The minimum atomic E-state index is 0. The highest BCUT2D eigenvalue weighted by Gasteiger charge is 2.30. The number of halogens is 1. The summed E-state index contributed by atoms with van der Waals surface area (Å²) in [6, 6.07) is 5.92. The number of aromatic nitrogens is 1. The second kappa shape index (κ2) is 9.95. The summed E-state index contributed by atoms with van der Waals surface area (Å²) in [5.41, 5.74) is 0.407. The van der Waals surface area contributed by atoms with Crippen LogP contribution < -0.4 is 10.6 Å². The first-order valence-electron chi connectivity index (χ1n) is 8.21. The van der Waals surface area contributed by atoms with Crippen LogP contribution in [0.3, 0.4) is 0 Å². The lowest BCUT2D eigenvalue weighted by atomic mass is 9.93. The van der Waals surface area contributed by atoms with Crippen LogP contribution in [0.5, 0.6) is 0 Å². The molecule has 2 heterocycles. The molecule has 23 heavy (non-hydrogen) atoms. The molecule has 1 aromatic rings. The van der Waals surface area contributed by atoms with Crippen molar-refractivity contribution in [2.24, 2.45) is 10.4 Å². The van der Waals surface area contributed by atoms with Crippen molar-refractivity contribution in [2.75, 3.05) is 38.5 Å². The molecule has 1 saturated heterocycles. The summed E-state index contributed by atoms with van der Waals surface area (Å²) >= 11 is 0. The normalized spacial score (nSPS) is 16.8. The van der Waals surface area contributed by atoms with E-state index in [1.54, 1.807) is 0 Å². The Morgan fingerprint density at radius 3 is 2.70 bits per heavy atom. The number of likely N-dealkylation sites (tertiary alicyclic amines) is 1. The standard InChI is InChI=1S/C17H29N5.HI/c1-17(2)9-13-22(14-17)16(18-3)21-12-7-6-11-20-15-8-4-5-10-19-15;/h4-5,8,10H,6-7,9,11-14H2,1-3H3,(H,18,21)(H,19,20);1H. The van der Waals surface area contributed by atoms with Gasteiger partial charge in [-0.2, -0.15) is 0 Å². The summed E-state index contributed by atoms with van der Waals surface area (Å²) in [7, 11) is 1.87. The van der Waals surface area contributed by atoms with Gasteiger partial charge < -0.3 is 15.5 Å². The maximum Gasteiger partial charge on any atom is 0.193 e. The highest BCUT2D eigenvalue weighted by molar-refractivity contribution is 14.0. The number of guanidine groups is 1. The van der Waals surface area contributed by atoms with E-state index < -0.39 is 0 Å². The van der Waals surface area contributed by atoms with Crippen molar-refractivity contribution in [3.8, 4) is 0 Å². The lowest BCUT2D eigenvalue weighted by Gasteiger charge is -2.23. The molecule has 0 unspecified atom stereocenters. The second-order valence-electron chi connectivity index (χ2n) is 6.66. The Bertz CT molecular complexity index is 475. The smallest absolute Gasteiger partial charge is 0.193 e. The first kappa shape index (κ1) is 20.0. The van der Waals surface area contributed by atoms with Gasteiger partial charge in [-0.15, -0.1) is 24.0 Å². The van der Waals surface area contributed by atoms with Crippen molar-refractivity contribution in [1.82, 2.24) is 15.2 Å². The third-order valence-electron chi connectivity index (χ3n) is 4.05. The molecule has 2 rings (SSSR count). The Hall–Kier alpha value is -1.05. The van der Waals surface area contributed by atoms with Gasteiger partial charge in [0.1, 0.15) is 5.82 Å². The summed E-state index contributed by atoms with van der Waals surface area (Å²) < 4.78 is 0. The minimum absolute atomic E-state index is 0. The molecule has 1 fully saturated rings. The Kier molecular flexibility index (Phi) is 8.65. The van der Waals surface area contributed by atoms with Crippen molar-refractivity contribution in [3.05, 3.63) is 24.4 Å². The van der Waals surface area contributed by atoms with E-state index in [1.807, 2.05) is 31.4 Å². The third kappa shape index (κ3) is 6.93. The number of hydrogen-bond donors (Lipinski definition) is 2. The van der Waals surface area contributed by atoms with Gasteiger partial charge in [-0.1, -0.05) is 19.9 Å². The predicted molar refractivity (Wildman–Crippen MR) is 109 cm³/mol. The Balaban J connectivity index is 0.00000264. The number of anilines is 1. The molecule has 1 aromatic heterocycles. The van der Waals surface area contributed by atoms with Crippen molar-refractivity contribution in [2.45, 2.75) is 33.1 Å². The van der Waals surface area contributed by atoms with Gasteiger partial charge in [0.15, 0.2) is 5.96 Å². The van der Waals surface area contributed by atoms with E-state index >= 15 is 0 Å². The number of unbranched alkanes of at least 4 members (excludes halogenated alkanes) is 1. The SMILES string of the molecule is CN=C(NCCCCNc1ccccn1)N1CCC(C)(C)C1.I. The van der Waals surface area contributed by atoms with Crippen molar-refractivity contribution >= 4 is 35.8 Å². The van der Waals surface area contributed by atoms with Gasteiger partial charge in [-0.25, -0.2) is 4.98 Å². The van der Waals surface area contributed by atoms with E-state index in [-0.39, 0.29) is 24.0 Å². The molecule has 2 N–H and O–H groups in total. The van der Waals surface area contributed by atoms with Crippen molar-refractivity contribution in [3.63, 3.8) is 0 Å². The molecule has 0 aliphatic carbocycles.